The van der Waals surface area contributed by atoms with Crippen molar-refractivity contribution in [1.82, 2.24) is 10.6 Å². The molecule has 4 N–H and O–H groups in total. The second kappa shape index (κ2) is 13.5. The molecule has 0 aromatic heterocycles. The van der Waals surface area contributed by atoms with Crippen LogP contribution in [0.3, 0.4) is 0 Å². The second-order valence-corrected chi connectivity index (χ2v) is 3.65. The summed E-state index contributed by atoms with van der Waals surface area (Å²) in [7, 11) is 0. The molecule has 6 heteroatoms. The van der Waals surface area contributed by atoms with Crippen LogP contribution >= 0.6 is 24.0 Å². The monoisotopic (exact) mass is 356 g/mol. The fraction of sp³-hybridized carbons (Fsp3) is 0.818. The topological polar surface area (TPSA) is 79.5 Å². The number of carbonyl (C=O) groups is 1. The minimum Gasteiger partial charge on any atom is -0.370 e. The van der Waals surface area contributed by atoms with E-state index in [0.717, 1.165) is 32.4 Å². The first-order valence-corrected chi connectivity index (χ1v) is 6.01. The van der Waals surface area contributed by atoms with Crippen molar-refractivity contribution in [2.24, 2.45) is 10.7 Å². The van der Waals surface area contributed by atoms with Crippen LogP contribution in [-0.4, -0.2) is 31.5 Å². The summed E-state index contributed by atoms with van der Waals surface area (Å²) in [4.78, 5) is 15.3. The summed E-state index contributed by atoms with van der Waals surface area (Å²) in [6.07, 6.45) is 3.54. The highest BCUT2D eigenvalue weighted by atomic mass is 127. The zero-order valence-corrected chi connectivity index (χ0v) is 13.1. The molecule has 0 rings (SSSR count). The third kappa shape index (κ3) is 13.4. The van der Waals surface area contributed by atoms with Gasteiger partial charge in [-0.05, 0) is 12.8 Å². The molecule has 0 bridgehead atoms. The van der Waals surface area contributed by atoms with Crippen LogP contribution in [0.2, 0.25) is 0 Å². The summed E-state index contributed by atoms with van der Waals surface area (Å²) in [5.74, 6) is 0.479. The van der Waals surface area contributed by atoms with Crippen molar-refractivity contribution >= 4 is 35.8 Å². The third-order valence-electron chi connectivity index (χ3n) is 2.02. The molecule has 0 heterocycles. The summed E-state index contributed by atoms with van der Waals surface area (Å²) in [5.41, 5.74) is 5.61. The van der Waals surface area contributed by atoms with Crippen molar-refractivity contribution in [2.75, 3.05) is 19.6 Å². The van der Waals surface area contributed by atoms with Crippen LogP contribution in [0.1, 0.15) is 39.5 Å². The van der Waals surface area contributed by atoms with E-state index in [0.29, 0.717) is 18.9 Å². The third-order valence-corrected chi connectivity index (χ3v) is 2.02. The van der Waals surface area contributed by atoms with Gasteiger partial charge in [0.25, 0.3) is 0 Å². The van der Waals surface area contributed by atoms with Crippen molar-refractivity contribution in [3.8, 4) is 0 Å². The van der Waals surface area contributed by atoms with Crippen molar-refractivity contribution in [3.05, 3.63) is 0 Å². The first-order valence-electron chi connectivity index (χ1n) is 6.01. The van der Waals surface area contributed by atoms with E-state index in [-0.39, 0.29) is 29.9 Å². The Morgan fingerprint density at radius 3 is 2.47 bits per heavy atom. The molecule has 0 unspecified atom stereocenters. The molecule has 0 aliphatic rings. The number of nitrogens with zero attached hydrogens (tertiary/aromatic N) is 1. The van der Waals surface area contributed by atoms with Gasteiger partial charge in [0.1, 0.15) is 0 Å². The lowest BCUT2D eigenvalue weighted by Gasteiger charge is -2.06. The number of hydrogen-bond acceptors (Lipinski definition) is 2. The molecule has 5 nitrogen and oxygen atoms in total. The van der Waals surface area contributed by atoms with Gasteiger partial charge in [0.15, 0.2) is 5.96 Å². The van der Waals surface area contributed by atoms with E-state index in [1.165, 1.54) is 0 Å². The molecule has 0 spiro atoms. The Hall–Kier alpha value is -0.530. The predicted molar refractivity (Wildman–Crippen MR) is 82.7 cm³/mol. The Kier molecular flexibility index (Phi) is 15.0. The molecule has 0 aliphatic carbocycles. The number of guanidine groups is 1. The average molecular weight is 356 g/mol. The van der Waals surface area contributed by atoms with Crippen LogP contribution in [0, 0.1) is 0 Å². The molecule has 0 aromatic rings. The van der Waals surface area contributed by atoms with E-state index < -0.39 is 0 Å². The van der Waals surface area contributed by atoms with Gasteiger partial charge in [0.05, 0.1) is 0 Å². The number of carbonyl (C=O) groups excluding carboxylic acids is 1. The molecular weight excluding hydrogens is 331 g/mol. The number of rotatable bonds is 8. The molecule has 0 saturated carbocycles. The normalized spacial score (nSPS) is 10.6. The molecule has 1 amide bonds. The summed E-state index contributed by atoms with van der Waals surface area (Å²) in [5, 5.41) is 5.71. The lowest BCUT2D eigenvalue weighted by atomic mass is 10.3. The maximum atomic E-state index is 11.2. The molecule has 0 aliphatic heterocycles. The molecule has 0 fully saturated rings. The fourth-order valence-corrected chi connectivity index (χ4v) is 1.07. The van der Waals surface area contributed by atoms with Gasteiger partial charge in [-0.1, -0.05) is 20.3 Å². The van der Waals surface area contributed by atoms with E-state index in [2.05, 4.69) is 22.5 Å². The van der Waals surface area contributed by atoms with Crippen LogP contribution in [0.5, 0.6) is 0 Å². The number of nitrogens with one attached hydrogen (secondary N) is 2. The van der Waals surface area contributed by atoms with E-state index in [9.17, 15) is 4.79 Å². The van der Waals surface area contributed by atoms with Gasteiger partial charge >= 0.3 is 0 Å². The van der Waals surface area contributed by atoms with Crippen LogP contribution in [0.4, 0.5) is 0 Å². The summed E-state index contributed by atoms with van der Waals surface area (Å²) < 4.78 is 0. The van der Waals surface area contributed by atoms with Crippen molar-refractivity contribution in [1.29, 1.82) is 0 Å². The Morgan fingerprint density at radius 2 is 1.88 bits per heavy atom. The predicted octanol–water partition coefficient (Wildman–Crippen LogP) is 1.23. The molecule has 0 aromatic carbocycles. The van der Waals surface area contributed by atoms with Gasteiger partial charge in [-0.2, -0.15) is 0 Å². The van der Waals surface area contributed by atoms with Crippen molar-refractivity contribution < 1.29 is 4.79 Å². The largest absolute Gasteiger partial charge is 0.370 e. The number of nitrogens with two attached hydrogens (primary N) is 1. The minimum atomic E-state index is 0. The molecule has 0 atom stereocenters. The summed E-state index contributed by atoms with van der Waals surface area (Å²) in [6, 6.07) is 0. The first kappa shape index (κ1) is 18.8. The van der Waals surface area contributed by atoms with Gasteiger partial charge in [-0.3, -0.25) is 9.79 Å². The van der Waals surface area contributed by atoms with Gasteiger partial charge in [-0.15, -0.1) is 24.0 Å². The van der Waals surface area contributed by atoms with Crippen LogP contribution in [0.15, 0.2) is 4.99 Å². The molecule has 102 valence electrons. The number of aliphatic imine (C=N–C) groups is 1. The maximum Gasteiger partial charge on any atom is 0.221 e. The number of amides is 1. The number of hydrogen-bond donors (Lipinski definition) is 3. The molecule has 0 saturated heterocycles. The smallest absolute Gasteiger partial charge is 0.221 e. The highest BCUT2D eigenvalue weighted by molar-refractivity contribution is 14.0. The van der Waals surface area contributed by atoms with Gasteiger partial charge < -0.3 is 16.4 Å². The standard InChI is InChI=1S/C11H24N4O.HI/c1-3-5-8-14-11(12)15-9-6-10(16)13-7-4-2;/h3-9H2,1-2H3,(H,13,16)(H3,12,14,15);1H. The van der Waals surface area contributed by atoms with E-state index in [1.807, 2.05) is 6.92 Å². The average Bonchev–Trinajstić information content (AvgIpc) is 2.26. The van der Waals surface area contributed by atoms with Crippen LogP contribution in [-0.2, 0) is 4.79 Å². The lowest BCUT2D eigenvalue weighted by molar-refractivity contribution is -0.120. The zero-order chi connectivity index (χ0) is 12.2. The summed E-state index contributed by atoms with van der Waals surface area (Å²) in [6.45, 7) is 6.15. The zero-order valence-electron chi connectivity index (χ0n) is 10.8. The first-order chi connectivity index (χ1) is 7.70. The minimum absolute atomic E-state index is 0. The fourth-order valence-electron chi connectivity index (χ4n) is 1.07. The number of halogens is 1. The van der Waals surface area contributed by atoms with Crippen molar-refractivity contribution in [2.45, 2.75) is 39.5 Å². The SMILES string of the molecule is CCCCN=C(N)NCCC(=O)NCCC.I. The Morgan fingerprint density at radius 1 is 1.18 bits per heavy atom. The molecular formula is C11H25IN4O. The maximum absolute atomic E-state index is 11.2. The highest BCUT2D eigenvalue weighted by Crippen LogP contribution is 1.86. The van der Waals surface area contributed by atoms with E-state index in [1.54, 1.807) is 0 Å². The highest BCUT2D eigenvalue weighted by Gasteiger charge is 1.99. The lowest BCUT2D eigenvalue weighted by Crippen LogP contribution is -2.35. The molecule has 17 heavy (non-hydrogen) atoms. The quantitative estimate of drug-likeness (QED) is 0.265. The Labute approximate surface area is 121 Å². The van der Waals surface area contributed by atoms with Crippen LogP contribution in [0.25, 0.3) is 0 Å². The van der Waals surface area contributed by atoms with E-state index in [4.69, 9.17) is 5.73 Å². The molecule has 0 radical (unpaired) electrons. The Balaban J connectivity index is 0. The van der Waals surface area contributed by atoms with E-state index >= 15 is 0 Å². The summed E-state index contributed by atoms with van der Waals surface area (Å²) >= 11 is 0. The van der Waals surface area contributed by atoms with Gasteiger partial charge in [-0.25, -0.2) is 0 Å². The van der Waals surface area contributed by atoms with Crippen molar-refractivity contribution in [3.63, 3.8) is 0 Å². The number of unbranched alkanes of at least 4 members (excludes halogenated alkanes) is 1. The Bertz CT molecular complexity index is 222. The second-order valence-electron chi connectivity index (χ2n) is 3.65. The van der Waals surface area contributed by atoms with Crippen LogP contribution < -0.4 is 16.4 Å². The van der Waals surface area contributed by atoms with Gasteiger partial charge in [0, 0.05) is 26.1 Å². The van der Waals surface area contributed by atoms with Gasteiger partial charge in [0.2, 0.25) is 5.91 Å².